The van der Waals surface area contributed by atoms with Gasteiger partial charge >= 0.3 is 0 Å². The highest BCUT2D eigenvalue weighted by molar-refractivity contribution is 7.99. The van der Waals surface area contributed by atoms with Gasteiger partial charge in [0.1, 0.15) is 0 Å². The number of fused-ring (bicyclic) bond motifs is 1. The van der Waals surface area contributed by atoms with E-state index in [4.69, 9.17) is 5.11 Å². The molecular weight excluding hydrogens is 284 g/mol. The van der Waals surface area contributed by atoms with Gasteiger partial charge in [-0.3, -0.25) is 9.69 Å². The van der Waals surface area contributed by atoms with E-state index in [1.807, 2.05) is 34.9 Å². The molecule has 1 heterocycles. The molecule has 5 heteroatoms. The topological polar surface area (TPSA) is 43.8 Å². The first-order chi connectivity index (χ1) is 10.1. The standard InChI is InChI=1S/C16H24N2O2S/c1-13(2)17(8-5-10-19)12-16(20)18-9-11-21-15-7-4-3-6-14(15)18/h3-4,6-7,13,19H,5,8-12H2,1-2H3. The summed E-state index contributed by atoms with van der Waals surface area (Å²) in [7, 11) is 0. The van der Waals surface area contributed by atoms with Gasteiger partial charge in [-0.25, -0.2) is 0 Å². The summed E-state index contributed by atoms with van der Waals surface area (Å²) >= 11 is 1.81. The van der Waals surface area contributed by atoms with E-state index in [1.165, 1.54) is 4.90 Å². The van der Waals surface area contributed by atoms with E-state index in [9.17, 15) is 4.79 Å². The van der Waals surface area contributed by atoms with Gasteiger partial charge in [0.25, 0.3) is 0 Å². The Kier molecular flexibility index (Phi) is 6.08. The molecule has 1 N–H and O–H groups in total. The van der Waals surface area contributed by atoms with Crippen LogP contribution in [-0.2, 0) is 4.79 Å². The summed E-state index contributed by atoms with van der Waals surface area (Å²) in [5.74, 6) is 1.09. The molecule has 0 saturated heterocycles. The molecule has 4 nitrogen and oxygen atoms in total. The summed E-state index contributed by atoms with van der Waals surface area (Å²) in [4.78, 5) is 17.9. The van der Waals surface area contributed by atoms with Crippen molar-refractivity contribution in [2.24, 2.45) is 0 Å². The zero-order valence-electron chi connectivity index (χ0n) is 12.8. The number of hydrogen-bond donors (Lipinski definition) is 1. The van der Waals surface area contributed by atoms with Crippen LogP contribution in [0, 0.1) is 0 Å². The molecule has 0 unspecified atom stereocenters. The molecule has 1 amide bonds. The third-order valence-electron chi connectivity index (χ3n) is 3.70. The molecule has 0 radical (unpaired) electrons. The first-order valence-electron chi connectivity index (χ1n) is 7.50. The second-order valence-electron chi connectivity index (χ2n) is 5.50. The Labute approximate surface area is 131 Å². The van der Waals surface area contributed by atoms with Gasteiger partial charge < -0.3 is 10.0 Å². The van der Waals surface area contributed by atoms with E-state index in [0.717, 1.165) is 24.5 Å². The number of benzene rings is 1. The Morgan fingerprint density at radius 3 is 2.90 bits per heavy atom. The van der Waals surface area contributed by atoms with Gasteiger partial charge in [0.15, 0.2) is 0 Å². The number of aliphatic hydroxyl groups excluding tert-OH is 1. The van der Waals surface area contributed by atoms with Crippen molar-refractivity contribution < 1.29 is 9.90 Å². The molecule has 0 aromatic heterocycles. The average molecular weight is 308 g/mol. The minimum absolute atomic E-state index is 0.148. The molecule has 2 rings (SSSR count). The van der Waals surface area contributed by atoms with Crippen LogP contribution in [0.3, 0.4) is 0 Å². The highest BCUT2D eigenvalue weighted by atomic mass is 32.2. The molecule has 0 spiro atoms. The number of carbonyl (C=O) groups is 1. The van der Waals surface area contributed by atoms with Crippen molar-refractivity contribution in [2.45, 2.75) is 31.2 Å². The quantitative estimate of drug-likeness (QED) is 0.875. The summed E-state index contributed by atoms with van der Waals surface area (Å²) in [6.45, 7) is 6.28. The van der Waals surface area contributed by atoms with Crippen LogP contribution in [0.15, 0.2) is 29.2 Å². The average Bonchev–Trinajstić information content (AvgIpc) is 2.50. The van der Waals surface area contributed by atoms with Gasteiger partial charge in [0.05, 0.1) is 12.2 Å². The second-order valence-corrected chi connectivity index (χ2v) is 6.64. The van der Waals surface area contributed by atoms with Crippen LogP contribution in [-0.4, -0.2) is 53.9 Å². The van der Waals surface area contributed by atoms with Crippen LogP contribution in [0.1, 0.15) is 20.3 Å². The van der Waals surface area contributed by atoms with Gasteiger partial charge in [-0.15, -0.1) is 11.8 Å². The fraction of sp³-hybridized carbons (Fsp3) is 0.562. The molecule has 1 aliphatic rings. The normalized spacial score (nSPS) is 14.6. The zero-order valence-corrected chi connectivity index (χ0v) is 13.6. The lowest BCUT2D eigenvalue weighted by Crippen LogP contribution is -2.45. The Bertz CT molecular complexity index is 479. The van der Waals surface area contributed by atoms with Crippen molar-refractivity contribution in [2.75, 3.05) is 36.9 Å². The molecule has 0 fully saturated rings. The van der Waals surface area contributed by atoms with E-state index < -0.39 is 0 Å². The summed E-state index contributed by atoms with van der Waals surface area (Å²) in [6.07, 6.45) is 0.706. The zero-order chi connectivity index (χ0) is 15.2. The largest absolute Gasteiger partial charge is 0.396 e. The lowest BCUT2D eigenvalue weighted by atomic mass is 10.2. The number of carbonyl (C=O) groups excluding carboxylic acids is 1. The molecule has 0 atom stereocenters. The number of nitrogens with zero attached hydrogens (tertiary/aromatic N) is 2. The maximum Gasteiger partial charge on any atom is 0.241 e. The maximum absolute atomic E-state index is 12.7. The number of para-hydroxylation sites is 1. The molecule has 1 aromatic rings. The molecule has 1 aliphatic heterocycles. The minimum atomic E-state index is 0.148. The second kappa shape index (κ2) is 7.82. The van der Waals surface area contributed by atoms with Crippen molar-refractivity contribution in [3.63, 3.8) is 0 Å². The first-order valence-corrected chi connectivity index (χ1v) is 8.49. The molecular formula is C16H24N2O2S. The minimum Gasteiger partial charge on any atom is -0.396 e. The van der Waals surface area contributed by atoms with E-state index in [0.29, 0.717) is 19.0 Å². The highest BCUT2D eigenvalue weighted by Gasteiger charge is 2.24. The molecule has 0 aliphatic carbocycles. The number of anilines is 1. The number of hydrogen-bond acceptors (Lipinski definition) is 4. The van der Waals surface area contributed by atoms with Gasteiger partial charge in [0.2, 0.25) is 5.91 Å². The van der Waals surface area contributed by atoms with E-state index in [2.05, 4.69) is 24.8 Å². The molecule has 0 bridgehead atoms. The van der Waals surface area contributed by atoms with Crippen LogP contribution in [0.2, 0.25) is 0 Å². The van der Waals surface area contributed by atoms with Crippen LogP contribution >= 0.6 is 11.8 Å². The summed E-state index contributed by atoms with van der Waals surface area (Å²) < 4.78 is 0. The van der Waals surface area contributed by atoms with E-state index in [-0.39, 0.29) is 12.5 Å². The van der Waals surface area contributed by atoms with Crippen LogP contribution in [0.5, 0.6) is 0 Å². The molecule has 21 heavy (non-hydrogen) atoms. The predicted octanol–water partition coefficient (Wildman–Crippen LogP) is 2.22. The fourth-order valence-electron chi connectivity index (χ4n) is 2.48. The van der Waals surface area contributed by atoms with Crippen LogP contribution in [0.25, 0.3) is 0 Å². The number of aliphatic hydroxyl groups is 1. The summed E-state index contributed by atoms with van der Waals surface area (Å²) in [6, 6.07) is 8.39. The van der Waals surface area contributed by atoms with Crippen molar-refractivity contribution >= 4 is 23.4 Å². The Morgan fingerprint density at radius 2 is 2.19 bits per heavy atom. The van der Waals surface area contributed by atoms with Crippen molar-refractivity contribution in [3.8, 4) is 0 Å². The van der Waals surface area contributed by atoms with Gasteiger partial charge in [-0.1, -0.05) is 12.1 Å². The molecule has 1 aromatic carbocycles. The maximum atomic E-state index is 12.7. The number of amides is 1. The van der Waals surface area contributed by atoms with E-state index in [1.54, 1.807) is 0 Å². The monoisotopic (exact) mass is 308 g/mol. The Balaban J connectivity index is 2.06. The third kappa shape index (κ3) is 4.22. The Hall–Kier alpha value is -1.04. The lowest BCUT2D eigenvalue weighted by molar-refractivity contribution is -0.120. The van der Waals surface area contributed by atoms with E-state index >= 15 is 0 Å². The smallest absolute Gasteiger partial charge is 0.241 e. The highest BCUT2D eigenvalue weighted by Crippen LogP contribution is 2.34. The van der Waals surface area contributed by atoms with Crippen LogP contribution in [0.4, 0.5) is 5.69 Å². The van der Waals surface area contributed by atoms with Crippen molar-refractivity contribution in [1.29, 1.82) is 0 Å². The predicted molar refractivity (Wildman–Crippen MR) is 87.9 cm³/mol. The van der Waals surface area contributed by atoms with Gasteiger partial charge in [-0.05, 0) is 32.4 Å². The Morgan fingerprint density at radius 1 is 1.43 bits per heavy atom. The van der Waals surface area contributed by atoms with Crippen LogP contribution < -0.4 is 4.90 Å². The van der Waals surface area contributed by atoms with Gasteiger partial charge in [-0.2, -0.15) is 0 Å². The molecule has 116 valence electrons. The lowest BCUT2D eigenvalue weighted by Gasteiger charge is -2.32. The molecule has 0 saturated carbocycles. The van der Waals surface area contributed by atoms with Gasteiger partial charge in [0, 0.05) is 36.4 Å². The summed E-state index contributed by atoms with van der Waals surface area (Å²) in [5.41, 5.74) is 1.03. The first kappa shape index (κ1) is 16.3. The fourth-order valence-corrected chi connectivity index (χ4v) is 3.48. The SMILES string of the molecule is CC(C)N(CCCO)CC(=O)N1CCSc2ccccc21. The van der Waals surface area contributed by atoms with Crippen molar-refractivity contribution in [1.82, 2.24) is 4.90 Å². The number of rotatable bonds is 6. The number of thioether (sulfide) groups is 1. The summed E-state index contributed by atoms with van der Waals surface area (Å²) in [5, 5.41) is 8.99. The third-order valence-corrected chi connectivity index (χ3v) is 4.74. The van der Waals surface area contributed by atoms with Crippen molar-refractivity contribution in [3.05, 3.63) is 24.3 Å².